The van der Waals surface area contributed by atoms with E-state index in [-0.39, 0.29) is 0 Å². The fraction of sp³-hybridized carbons (Fsp3) is 0.619. The summed E-state index contributed by atoms with van der Waals surface area (Å²) in [4.78, 5) is 0. The number of likely N-dealkylation sites (N-methyl/N-ethyl adjacent to an activating group) is 1. The van der Waals surface area contributed by atoms with Crippen LogP contribution in [-0.4, -0.2) is 30.7 Å². The van der Waals surface area contributed by atoms with Crippen LogP contribution in [0.4, 0.5) is 0 Å². The van der Waals surface area contributed by atoms with Gasteiger partial charge in [-0.15, -0.1) is 0 Å². The molecule has 0 atom stereocenters. The molecule has 0 saturated heterocycles. The van der Waals surface area contributed by atoms with Gasteiger partial charge in [0.15, 0.2) is 0 Å². The van der Waals surface area contributed by atoms with Crippen LogP contribution in [-0.2, 0) is 6.42 Å². The maximum absolute atomic E-state index is 6.22. The summed E-state index contributed by atoms with van der Waals surface area (Å²) >= 11 is 6.22. The van der Waals surface area contributed by atoms with E-state index in [1.165, 1.54) is 61.8 Å². The van der Waals surface area contributed by atoms with Gasteiger partial charge in [0, 0.05) is 5.02 Å². The molecular weight excluding hydrogens is 302 g/mol. The molecule has 0 unspecified atom stereocenters. The van der Waals surface area contributed by atoms with Gasteiger partial charge in [0.05, 0.1) is 26.2 Å². The minimum atomic E-state index is 0.875. The van der Waals surface area contributed by atoms with Gasteiger partial charge in [-0.3, -0.25) is 0 Å². The van der Waals surface area contributed by atoms with Crippen LogP contribution in [0, 0.1) is 0 Å². The quantitative estimate of drug-likeness (QED) is 0.240. The van der Waals surface area contributed by atoms with E-state index in [1.807, 2.05) is 12.1 Å². The summed E-state index contributed by atoms with van der Waals surface area (Å²) in [5.74, 6) is 0. The number of nitrogens with zero attached hydrogens (tertiary/aromatic N) is 1. The molecular formula is C21H35ClN+. The van der Waals surface area contributed by atoms with Gasteiger partial charge in [0.1, 0.15) is 0 Å². The van der Waals surface area contributed by atoms with Crippen LogP contribution in [0.2, 0.25) is 5.02 Å². The Morgan fingerprint density at radius 1 is 0.913 bits per heavy atom. The van der Waals surface area contributed by atoms with E-state index in [2.05, 4.69) is 45.1 Å². The van der Waals surface area contributed by atoms with Gasteiger partial charge in [-0.2, -0.15) is 0 Å². The van der Waals surface area contributed by atoms with Gasteiger partial charge in [0.25, 0.3) is 0 Å². The van der Waals surface area contributed by atoms with Crippen molar-refractivity contribution in [3.63, 3.8) is 0 Å². The fourth-order valence-electron chi connectivity index (χ4n) is 3.11. The Kier molecular flexibility index (Phi) is 10.3. The maximum Gasteiger partial charge on any atom is 0.0973 e. The summed E-state index contributed by atoms with van der Waals surface area (Å²) in [6.07, 6.45) is 12.4. The molecule has 1 rings (SSSR count). The van der Waals surface area contributed by atoms with E-state index in [0.717, 1.165) is 18.0 Å². The second-order valence-electron chi connectivity index (χ2n) is 6.56. The molecule has 2 heteroatoms. The summed E-state index contributed by atoms with van der Waals surface area (Å²) in [5, 5.41) is 0.875. The van der Waals surface area contributed by atoms with E-state index in [0.29, 0.717) is 0 Å². The molecule has 1 aromatic rings. The topological polar surface area (TPSA) is 0 Å². The second kappa shape index (κ2) is 11.7. The predicted octanol–water partition coefficient (Wildman–Crippen LogP) is 6.27. The number of allylic oxidation sites excluding steroid dienone is 1. The third-order valence-electron chi connectivity index (χ3n) is 5.03. The molecule has 0 spiro atoms. The van der Waals surface area contributed by atoms with Gasteiger partial charge in [-0.25, -0.2) is 0 Å². The molecule has 0 aliphatic rings. The van der Waals surface area contributed by atoms with Gasteiger partial charge in [0.2, 0.25) is 0 Å². The Morgan fingerprint density at radius 3 is 2.26 bits per heavy atom. The molecule has 0 aromatic heterocycles. The average Bonchev–Trinajstić information content (AvgIpc) is 2.58. The van der Waals surface area contributed by atoms with Gasteiger partial charge >= 0.3 is 0 Å². The third-order valence-corrected chi connectivity index (χ3v) is 5.40. The van der Waals surface area contributed by atoms with E-state index in [9.17, 15) is 0 Å². The number of unbranched alkanes of at least 4 members (excludes halogenated alkanes) is 4. The first kappa shape index (κ1) is 20.3. The van der Waals surface area contributed by atoms with Crippen molar-refractivity contribution in [3.05, 3.63) is 47.0 Å². The van der Waals surface area contributed by atoms with Gasteiger partial charge in [-0.1, -0.05) is 62.1 Å². The molecule has 130 valence electrons. The zero-order valence-electron chi connectivity index (χ0n) is 15.4. The monoisotopic (exact) mass is 336 g/mol. The lowest BCUT2D eigenvalue weighted by atomic mass is 10.1. The average molecular weight is 337 g/mol. The SMILES string of the molecule is CCCCCCC[N+](CC)(CC)C/C=C/Cc1ccccc1Cl. The Morgan fingerprint density at radius 2 is 1.61 bits per heavy atom. The van der Waals surface area contributed by atoms with E-state index < -0.39 is 0 Å². The number of halogens is 1. The lowest BCUT2D eigenvalue weighted by Gasteiger charge is -2.36. The Labute approximate surface area is 148 Å². The van der Waals surface area contributed by atoms with E-state index >= 15 is 0 Å². The Hall–Kier alpha value is -0.790. The van der Waals surface area contributed by atoms with Crippen LogP contribution in [0.25, 0.3) is 0 Å². The van der Waals surface area contributed by atoms with Crippen LogP contribution in [0.5, 0.6) is 0 Å². The first-order chi connectivity index (χ1) is 11.2. The minimum absolute atomic E-state index is 0.875. The zero-order chi connectivity index (χ0) is 17.0. The third kappa shape index (κ3) is 7.54. The van der Waals surface area contributed by atoms with Crippen molar-refractivity contribution >= 4 is 11.6 Å². The highest BCUT2D eigenvalue weighted by molar-refractivity contribution is 6.31. The summed E-state index contributed by atoms with van der Waals surface area (Å²) < 4.78 is 1.21. The molecule has 0 radical (unpaired) electrons. The molecule has 0 aliphatic heterocycles. The van der Waals surface area contributed by atoms with Crippen LogP contribution in [0.1, 0.15) is 58.4 Å². The molecule has 23 heavy (non-hydrogen) atoms. The smallest absolute Gasteiger partial charge is 0.0973 e. The fourth-order valence-corrected chi connectivity index (χ4v) is 3.33. The zero-order valence-corrected chi connectivity index (χ0v) is 16.1. The lowest BCUT2D eigenvalue weighted by molar-refractivity contribution is -0.919. The molecule has 0 fully saturated rings. The molecule has 0 aliphatic carbocycles. The minimum Gasteiger partial charge on any atom is -0.321 e. The van der Waals surface area contributed by atoms with Crippen molar-refractivity contribution in [2.45, 2.75) is 59.3 Å². The van der Waals surface area contributed by atoms with Crippen molar-refractivity contribution in [2.75, 3.05) is 26.2 Å². The van der Waals surface area contributed by atoms with E-state index in [1.54, 1.807) is 0 Å². The Bertz CT molecular complexity index is 449. The van der Waals surface area contributed by atoms with Gasteiger partial charge < -0.3 is 4.48 Å². The van der Waals surface area contributed by atoms with Crippen molar-refractivity contribution in [2.24, 2.45) is 0 Å². The van der Waals surface area contributed by atoms with Crippen LogP contribution < -0.4 is 0 Å². The van der Waals surface area contributed by atoms with Crippen molar-refractivity contribution in [1.29, 1.82) is 0 Å². The molecule has 0 saturated carbocycles. The lowest BCUT2D eigenvalue weighted by Crippen LogP contribution is -2.48. The van der Waals surface area contributed by atoms with Crippen LogP contribution >= 0.6 is 11.6 Å². The highest BCUT2D eigenvalue weighted by Crippen LogP contribution is 2.16. The number of benzene rings is 1. The molecule has 0 heterocycles. The summed E-state index contributed by atoms with van der Waals surface area (Å²) in [7, 11) is 0. The molecule has 0 N–H and O–H groups in total. The highest BCUT2D eigenvalue weighted by Gasteiger charge is 2.20. The summed E-state index contributed by atoms with van der Waals surface area (Å²) in [6, 6.07) is 8.13. The van der Waals surface area contributed by atoms with Crippen LogP contribution in [0.3, 0.4) is 0 Å². The summed E-state index contributed by atoms with van der Waals surface area (Å²) in [5.41, 5.74) is 1.22. The number of quaternary nitrogens is 1. The maximum atomic E-state index is 6.22. The van der Waals surface area contributed by atoms with Crippen molar-refractivity contribution < 1.29 is 4.48 Å². The molecule has 0 amide bonds. The predicted molar refractivity (Wildman–Crippen MR) is 104 cm³/mol. The first-order valence-corrected chi connectivity index (χ1v) is 9.78. The van der Waals surface area contributed by atoms with Crippen molar-refractivity contribution in [3.8, 4) is 0 Å². The van der Waals surface area contributed by atoms with E-state index in [4.69, 9.17) is 11.6 Å². The number of hydrogen-bond acceptors (Lipinski definition) is 0. The largest absolute Gasteiger partial charge is 0.321 e. The number of hydrogen-bond donors (Lipinski definition) is 0. The first-order valence-electron chi connectivity index (χ1n) is 9.41. The summed E-state index contributed by atoms with van der Waals surface area (Å²) in [6.45, 7) is 11.8. The normalized spacial score (nSPS) is 12.2. The number of rotatable bonds is 12. The molecule has 1 nitrogen and oxygen atoms in total. The molecule has 1 aromatic carbocycles. The standard InChI is InChI=1S/C21H35ClN/c1-4-7-8-9-13-18-23(5-2,6-3)19-14-12-16-20-15-10-11-17-21(20)22/h10-12,14-15,17H,4-9,13,16,18-19H2,1-3H3/q+1/b14-12+. The Balaban J connectivity index is 2.45. The molecule has 0 bridgehead atoms. The highest BCUT2D eigenvalue weighted by atomic mass is 35.5. The van der Waals surface area contributed by atoms with Gasteiger partial charge in [-0.05, 0) is 50.8 Å². The van der Waals surface area contributed by atoms with Crippen molar-refractivity contribution in [1.82, 2.24) is 0 Å². The second-order valence-corrected chi connectivity index (χ2v) is 6.97. The van der Waals surface area contributed by atoms with Crippen LogP contribution in [0.15, 0.2) is 36.4 Å².